The van der Waals surface area contributed by atoms with Crippen LogP contribution in [0.1, 0.15) is 38.8 Å². The van der Waals surface area contributed by atoms with Crippen LogP contribution in [0.2, 0.25) is 0 Å². The molecule has 0 saturated heterocycles. The van der Waals surface area contributed by atoms with Gasteiger partial charge in [0.05, 0.1) is 10.9 Å². The monoisotopic (exact) mass is 347 g/mol. The summed E-state index contributed by atoms with van der Waals surface area (Å²) in [5.41, 5.74) is 4.78. The summed E-state index contributed by atoms with van der Waals surface area (Å²) < 4.78 is 5.80. The summed E-state index contributed by atoms with van der Waals surface area (Å²) in [5.74, 6) is 0.909. The number of nitrogens with one attached hydrogen (secondary N) is 1. The summed E-state index contributed by atoms with van der Waals surface area (Å²) >= 11 is 1.56. The molecule has 2 heterocycles. The molecular formula is C21H17NO2S. The third-order valence-electron chi connectivity index (χ3n) is 4.99. The second-order valence-electron chi connectivity index (χ2n) is 6.51. The molecule has 0 radical (unpaired) electrons. The summed E-state index contributed by atoms with van der Waals surface area (Å²) in [6, 6.07) is 18.5. The molecular weight excluding hydrogens is 330 g/mol. The lowest BCUT2D eigenvalue weighted by molar-refractivity contribution is 0.0940. The minimum Gasteiger partial charge on any atom is -0.488 e. The Balaban J connectivity index is 1.42. The van der Waals surface area contributed by atoms with Gasteiger partial charge in [-0.2, -0.15) is 0 Å². The third kappa shape index (κ3) is 2.45. The molecule has 5 rings (SSSR count). The molecule has 1 amide bonds. The van der Waals surface area contributed by atoms with Crippen LogP contribution in [0.4, 0.5) is 0 Å². The van der Waals surface area contributed by atoms with Crippen molar-refractivity contribution in [3.05, 3.63) is 76.2 Å². The topological polar surface area (TPSA) is 38.3 Å². The number of rotatable bonds is 2. The smallest absolute Gasteiger partial charge is 0.261 e. The van der Waals surface area contributed by atoms with Crippen molar-refractivity contribution in [1.29, 1.82) is 0 Å². The van der Waals surface area contributed by atoms with Crippen LogP contribution in [-0.4, -0.2) is 5.91 Å². The molecule has 0 spiro atoms. The lowest BCUT2D eigenvalue weighted by atomic mass is 10.1. The van der Waals surface area contributed by atoms with Crippen molar-refractivity contribution in [3.63, 3.8) is 0 Å². The molecule has 1 atom stereocenters. The first-order valence-electron chi connectivity index (χ1n) is 8.53. The number of carbonyl (C=O) groups excluding carboxylic acids is 1. The van der Waals surface area contributed by atoms with Crippen molar-refractivity contribution in [2.45, 2.75) is 25.5 Å². The molecule has 0 bridgehead atoms. The van der Waals surface area contributed by atoms with Gasteiger partial charge in [0.1, 0.15) is 12.4 Å². The van der Waals surface area contributed by atoms with Crippen LogP contribution < -0.4 is 10.1 Å². The van der Waals surface area contributed by atoms with Crippen molar-refractivity contribution in [3.8, 4) is 16.2 Å². The maximum absolute atomic E-state index is 12.8. The summed E-state index contributed by atoms with van der Waals surface area (Å²) in [6.45, 7) is 0.530. The van der Waals surface area contributed by atoms with E-state index in [4.69, 9.17) is 4.74 Å². The summed E-state index contributed by atoms with van der Waals surface area (Å²) in [5, 5.41) is 3.22. The van der Waals surface area contributed by atoms with Gasteiger partial charge in [-0.1, -0.05) is 36.4 Å². The number of para-hydroxylation sites is 1. The lowest BCUT2D eigenvalue weighted by Gasteiger charge is -2.16. The average molecular weight is 347 g/mol. The van der Waals surface area contributed by atoms with Gasteiger partial charge in [0, 0.05) is 16.0 Å². The number of benzene rings is 2. The second-order valence-corrected chi connectivity index (χ2v) is 7.57. The first-order valence-corrected chi connectivity index (χ1v) is 9.35. The fourth-order valence-corrected chi connectivity index (χ4v) is 4.85. The molecule has 2 aromatic carbocycles. The highest BCUT2D eigenvalue weighted by Gasteiger charge is 2.26. The second kappa shape index (κ2) is 5.74. The van der Waals surface area contributed by atoms with Crippen LogP contribution in [0.5, 0.6) is 5.75 Å². The van der Waals surface area contributed by atoms with Gasteiger partial charge in [-0.15, -0.1) is 11.3 Å². The van der Waals surface area contributed by atoms with Crippen LogP contribution in [-0.2, 0) is 13.0 Å². The van der Waals surface area contributed by atoms with E-state index in [2.05, 4.69) is 29.6 Å². The van der Waals surface area contributed by atoms with Crippen molar-refractivity contribution in [2.75, 3.05) is 0 Å². The van der Waals surface area contributed by atoms with Crippen molar-refractivity contribution in [2.24, 2.45) is 0 Å². The van der Waals surface area contributed by atoms with E-state index >= 15 is 0 Å². The zero-order chi connectivity index (χ0) is 16.8. The molecule has 1 aliphatic heterocycles. The highest BCUT2D eigenvalue weighted by molar-refractivity contribution is 7.17. The quantitative estimate of drug-likeness (QED) is 0.728. The Bertz CT molecular complexity index is 976. The van der Waals surface area contributed by atoms with Crippen LogP contribution in [0.3, 0.4) is 0 Å². The molecule has 2 aliphatic rings. The summed E-state index contributed by atoms with van der Waals surface area (Å²) in [4.78, 5) is 14.7. The van der Waals surface area contributed by atoms with Gasteiger partial charge in [-0.25, -0.2) is 0 Å². The maximum atomic E-state index is 12.8. The Morgan fingerprint density at radius 1 is 1.08 bits per heavy atom. The normalized spacial score (nSPS) is 17.2. The van der Waals surface area contributed by atoms with Gasteiger partial charge in [-0.3, -0.25) is 4.79 Å². The maximum Gasteiger partial charge on any atom is 0.261 e. The Kier molecular flexibility index (Phi) is 3.38. The minimum atomic E-state index is 0.0126. The van der Waals surface area contributed by atoms with Crippen molar-refractivity contribution >= 4 is 17.2 Å². The molecule has 1 N–H and O–H groups in total. The molecule has 0 fully saturated rings. The van der Waals surface area contributed by atoms with E-state index in [0.717, 1.165) is 39.5 Å². The number of fused-ring (bicyclic) bond motifs is 4. The highest BCUT2D eigenvalue weighted by atomic mass is 32.1. The van der Waals surface area contributed by atoms with E-state index in [-0.39, 0.29) is 11.9 Å². The van der Waals surface area contributed by atoms with Gasteiger partial charge >= 0.3 is 0 Å². The Morgan fingerprint density at radius 3 is 2.88 bits per heavy atom. The predicted octanol–water partition coefficient (Wildman–Crippen LogP) is 4.72. The number of carbonyl (C=O) groups is 1. The molecule has 3 nitrogen and oxygen atoms in total. The van der Waals surface area contributed by atoms with Gasteiger partial charge in [0.2, 0.25) is 0 Å². The Labute approximate surface area is 150 Å². The third-order valence-corrected chi connectivity index (χ3v) is 6.20. The molecule has 25 heavy (non-hydrogen) atoms. The largest absolute Gasteiger partial charge is 0.488 e. The van der Waals surface area contributed by atoms with Gasteiger partial charge < -0.3 is 10.1 Å². The van der Waals surface area contributed by atoms with Crippen molar-refractivity contribution in [1.82, 2.24) is 5.32 Å². The molecule has 1 aliphatic carbocycles. The Hall–Kier alpha value is -2.59. The van der Waals surface area contributed by atoms with Gasteiger partial charge in [-0.05, 0) is 42.2 Å². The first kappa shape index (κ1) is 14.7. The Morgan fingerprint density at radius 2 is 1.92 bits per heavy atom. The van der Waals surface area contributed by atoms with Crippen LogP contribution >= 0.6 is 11.3 Å². The van der Waals surface area contributed by atoms with Crippen LogP contribution in [0.25, 0.3) is 10.4 Å². The van der Waals surface area contributed by atoms with Gasteiger partial charge in [0.25, 0.3) is 5.91 Å². The van der Waals surface area contributed by atoms with Crippen LogP contribution in [0, 0.1) is 0 Å². The number of hydrogen-bond donors (Lipinski definition) is 1. The van der Waals surface area contributed by atoms with E-state index in [1.807, 2.05) is 30.3 Å². The molecule has 0 saturated carbocycles. The van der Waals surface area contributed by atoms with E-state index in [0.29, 0.717) is 6.61 Å². The summed E-state index contributed by atoms with van der Waals surface area (Å²) in [6.07, 6.45) is 2.01. The number of ether oxygens (including phenoxy) is 1. The highest BCUT2D eigenvalue weighted by Crippen LogP contribution is 2.42. The predicted molar refractivity (Wildman–Crippen MR) is 99.1 cm³/mol. The summed E-state index contributed by atoms with van der Waals surface area (Å²) in [7, 11) is 0. The fraction of sp³-hybridized carbons (Fsp3) is 0.190. The lowest BCUT2D eigenvalue weighted by Crippen LogP contribution is -2.26. The molecule has 4 heteroatoms. The van der Waals surface area contributed by atoms with Crippen molar-refractivity contribution < 1.29 is 9.53 Å². The number of hydrogen-bond acceptors (Lipinski definition) is 3. The van der Waals surface area contributed by atoms with E-state index in [9.17, 15) is 4.79 Å². The zero-order valence-corrected chi connectivity index (χ0v) is 14.4. The molecule has 1 unspecified atom stereocenters. The standard InChI is InChI=1S/C21H17NO2S/c23-21(22-17-10-9-13-5-1-2-6-15(13)17)19-11-14-12-24-18-8-4-3-7-16(18)20(14)25-19/h1-8,11,17H,9-10,12H2,(H,22,23). The number of amides is 1. The van der Waals surface area contributed by atoms with Crippen LogP contribution in [0.15, 0.2) is 54.6 Å². The first-order chi connectivity index (χ1) is 12.3. The number of aryl methyl sites for hydroxylation is 1. The minimum absolute atomic E-state index is 0.0126. The van der Waals surface area contributed by atoms with Gasteiger partial charge in [0.15, 0.2) is 0 Å². The molecule has 3 aromatic rings. The molecule has 124 valence electrons. The zero-order valence-electron chi connectivity index (χ0n) is 13.6. The van der Waals surface area contributed by atoms with E-state index < -0.39 is 0 Å². The number of thiophene rings is 1. The van der Waals surface area contributed by atoms with E-state index in [1.54, 1.807) is 11.3 Å². The fourth-order valence-electron chi connectivity index (χ4n) is 3.75. The van der Waals surface area contributed by atoms with E-state index in [1.165, 1.54) is 11.1 Å². The molecule has 1 aromatic heterocycles. The SMILES string of the molecule is O=C(NC1CCc2ccccc21)c1cc2c(s1)-c1ccccc1OC2. The average Bonchev–Trinajstić information content (AvgIpc) is 3.26.